The van der Waals surface area contributed by atoms with Gasteiger partial charge in [0.05, 0.1) is 18.6 Å². The molecule has 0 aromatic carbocycles. The van der Waals surface area contributed by atoms with Gasteiger partial charge in [0.1, 0.15) is 5.41 Å². The Hall–Kier alpha value is -1.57. The molecule has 1 aliphatic heterocycles. The fraction of sp³-hybridized carbons (Fsp3) is 0.800. The number of likely N-dealkylation sites (tertiary alicyclic amines) is 1. The van der Waals surface area contributed by atoms with Crippen molar-refractivity contribution in [1.29, 1.82) is 5.26 Å². The normalized spacial score (nSPS) is 16.6. The topological polar surface area (TPSA) is 70.4 Å². The summed E-state index contributed by atoms with van der Waals surface area (Å²) >= 11 is 0. The Bertz CT molecular complexity index is 388. The molecule has 0 atom stereocenters. The van der Waals surface area contributed by atoms with Gasteiger partial charge in [0.25, 0.3) is 0 Å². The summed E-state index contributed by atoms with van der Waals surface area (Å²) < 4.78 is 5.01. The van der Waals surface area contributed by atoms with Crippen LogP contribution in [0.2, 0.25) is 0 Å². The number of nitriles is 1. The van der Waals surface area contributed by atoms with Crippen molar-refractivity contribution in [3.63, 3.8) is 0 Å². The molecule has 0 bridgehead atoms. The van der Waals surface area contributed by atoms with E-state index in [0.717, 1.165) is 0 Å². The van der Waals surface area contributed by atoms with Gasteiger partial charge in [-0.15, -0.1) is 0 Å². The van der Waals surface area contributed by atoms with Crippen LogP contribution in [-0.4, -0.2) is 36.5 Å². The second-order valence-electron chi connectivity index (χ2n) is 5.22. The van der Waals surface area contributed by atoms with Gasteiger partial charge >= 0.3 is 5.97 Å². The number of amides is 1. The molecule has 5 nitrogen and oxygen atoms in total. The van der Waals surface area contributed by atoms with Gasteiger partial charge in [0.2, 0.25) is 5.91 Å². The minimum atomic E-state index is -0.906. The molecule has 1 amide bonds. The van der Waals surface area contributed by atoms with E-state index >= 15 is 0 Å². The third kappa shape index (κ3) is 3.30. The van der Waals surface area contributed by atoms with Crippen molar-refractivity contribution in [1.82, 2.24) is 4.90 Å². The highest BCUT2D eigenvalue weighted by molar-refractivity contribution is 5.85. The molecule has 20 heavy (non-hydrogen) atoms. The maximum atomic E-state index is 12.5. The van der Waals surface area contributed by atoms with Crippen LogP contribution in [0, 0.1) is 22.7 Å². The minimum Gasteiger partial charge on any atom is -0.466 e. The lowest BCUT2D eigenvalue weighted by Crippen LogP contribution is -2.47. The molecule has 5 heteroatoms. The Labute approximate surface area is 120 Å². The zero-order valence-corrected chi connectivity index (χ0v) is 12.6. The van der Waals surface area contributed by atoms with Gasteiger partial charge in [-0.1, -0.05) is 13.8 Å². The lowest BCUT2D eigenvalue weighted by atomic mass is 9.81. The fourth-order valence-electron chi connectivity index (χ4n) is 2.64. The van der Waals surface area contributed by atoms with Crippen molar-refractivity contribution in [3.8, 4) is 6.07 Å². The van der Waals surface area contributed by atoms with Gasteiger partial charge in [-0.25, -0.2) is 0 Å². The van der Waals surface area contributed by atoms with Crippen LogP contribution < -0.4 is 0 Å². The summed E-state index contributed by atoms with van der Waals surface area (Å²) in [6, 6.07) is 2.18. The van der Waals surface area contributed by atoms with Gasteiger partial charge in [0, 0.05) is 13.1 Å². The van der Waals surface area contributed by atoms with E-state index in [9.17, 15) is 14.9 Å². The average Bonchev–Trinajstić information content (AvgIpc) is 2.50. The molecule has 0 radical (unpaired) electrons. The van der Waals surface area contributed by atoms with Gasteiger partial charge in [0.15, 0.2) is 0 Å². The summed E-state index contributed by atoms with van der Waals surface area (Å²) in [5.41, 5.74) is -0.906. The molecule has 112 valence electrons. The Kier molecular flexibility index (Phi) is 6.00. The first-order valence-corrected chi connectivity index (χ1v) is 7.41. The molecule has 1 fully saturated rings. The molecule has 0 aromatic heterocycles. The highest BCUT2D eigenvalue weighted by atomic mass is 16.5. The summed E-state index contributed by atoms with van der Waals surface area (Å²) in [7, 11) is 0. The minimum absolute atomic E-state index is 0.0905. The number of nitrogens with zero attached hydrogens (tertiary/aromatic N) is 2. The van der Waals surface area contributed by atoms with E-state index in [2.05, 4.69) is 6.07 Å². The number of esters is 1. The summed E-state index contributed by atoms with van der Waals surface area (Å²) in [5.74, 6) is -0.372. The van der Waals surface area contributed by atoms with Crippen molar-refractivity contribution in [2.24, 2.45) is 11.3 Å². The molecule has 0 aromatic rings. The quantitative estimate of drug-likeness (QED) is 0.723. The van der Waals surface area contributed by atoms with Crippen LogP contribution in [-0.2, 0) is 14.3 Å². The predicted molar refractivity (Wildman–Crippen MR) is 74.6 cm³/mol. The highest BCUT2D eigenvalue weighted by Gasteiger charge is 2.40. The number of rotatable bonds is 5. The first-order chi connectivity index (χ1) is 9.54. The van der Waals surface area contributed by atoms with Crippen LogP contribution >= 0.6 is 0 Å². The highest BCUT2D eigenvalue weighted by Crippen LogP contribution is 2.30. The summed E-state index contributed by atoms with van der Waals surface area (Å²) in [5, 5.41) is 9.32. The fourth-order valence-corrected chi connectivity index (χ4v) is 2.64. The lowest BCUT2D eigenvalue weighted by Gasteiger charge is -2.35. The van der Waals surface area contributed by atoms with E-state index in [1.54, 1.807) is 11.8 Å². The molecule has 1 aliphatic rings. The third-order valence-corrected chi connectivity index (χ3v) is 4.23. The maximum absolute atomic E-state index is 12.5. The van der Waals surface area contributed by atoms with Crippen molar-refractivity contribution in [2.75, 3.05) is 19.7 Å². The van der Waals surface area contributed by atoms with Gasteiger partial charge in [-0.2, -0.15) is 5.26 Å². The number of ether oxygens (including phenoxy) is 1. The zero-order valence-electron chi connectivity index (χ0n) is 12.6. The van der Waals surface area contributed by atoms with E-state index in [0.29, 0.717) is 45.4 Å². The van der Waals surface area contributed by atoms with E-state index in [-0.39, 0.29) is 17.8 Å². The molecule has 1 saturated heterocycles. The predicted octanol–water partition coefficient (Wildman–Crippen LogP) is 2.12. The van der Waals surface area contributed by atoms with Crippen LogP contribution in [0.25, 0.3) is 0 Å². The Balaban J connectivity index is 2.63. The first kappa shape index (κ1) is 16.5. The molecular formula is C15H24N2O3. The Morgan fingerprint density at radius 3 is 2.20 bits per heavy atom. The van der Waals surface area contributed by atoms with Crippen LogP contribution in [0.3, 0.4) is 0 Å². The molecule has 0 aliphatic carbocycles. The summed E-state index contributed by atoms with van der Waals surface area (Å²) in [6.07, 6.45) is 2.30. The number of hydrogen-bond acceptors (Lipinski definition) is 4. The Morgan fingerprint density at radius 2 is 1.80 bits per heavy atom. The van der Waals surface area contributed by atoms with Crippen LogP contribution in [0.4, 0.5) is 0 Å². The largest absolute Gasteiger partial charge is 0.466 e. The van der Waals surface area contributed by atoms with Gasteiger partial charge < -0.3 is 9.64 Å². The van der Waals surface area contributed by atoms with Crippen molar-refractivity contribution in [3.05, 3.63) is 0 Å². The summed E-state index contributed by atoms with van der Waals surface area (Å²) in [4.78, 5) is 25.9. The molecule has 0 saturated carbocycles. The molecule has 0 spiro atoms. The van der Waals surface area contributed by atoms with Crippen molar-refractivity contribution < 1.29 is 14.3 Å². The van der Waals surface area contributed by atoms with E-state index in [4.69, 9.17) is 4.74 Å². The second-order valence-corrected chi connectivity index (χ2v) is 5.22. The number of piperidine rings is 1. The molecule has 0 unspecified atom stereocenters. The van der Waals surface area contributed by atoms with E-state index < -0.39 is 5.41 Å². The third-order valence-electron chi connectivity index (χ3n) is 4.23. The number of carbonyl (C=O) groups excluding carboxylic acids is 2. The molecule has 1 rings (SSSR count). The van der Waals surface area contributed by atoms with Gasteiger partial charge in [-0.3, -0.25) is 9.59 Å². The van der Waals surface area contributed by atoms with Crippen LogP contribution in [0.5, 0.6) is 0 Å². The first-order valence-electron chi connectivity index (χ1n) is 7.41. The maximum Gasteiger partial charge on any atom is 0.309 e. The lowest BCUT2D eigenvalue weighted by molar-refractivity contribution is -0.152. The second kappa shape index (κ2) is 7.28. The van der Waals surface area contributed by atoms with Gasteiger partial charge in [-0.05, 0) is 32.6 Å². The zero-order chi connectivity index (χ0) is 15.2. The Morgan fingerprint density at radius 1 is 1.25 bits per heavy atom. The molecular weight excluding hydrogens is 256 g/mol. The number of hydrogen-bond donors (Lipinski definition) is 0. The van der Waals surface area contributed by atoms with Crippen LogP contribution in [0.15, 0.2) is 0 Å². The number of carbonyl (C=O) groups is 2. The molecule has 1 heterocycles. The van der Waals surface area contributed by atoms with Crippen molar-refractivity contribution >= 4 is 11.9 Å². The van der Waals surface area contributed by atoms with Crippen LogP contribution in [0.1, 0.15) is 46.5 Å². The van der Waals surface area contributed by atoms with E-state index in [1.807, 2.05) is 13.8 Å². The smallest absolute Gasteiger partial charge is 0.309 e. The van der Waals surface area contributed by atoms with E-state index in [1.165, 1.54) is 0 Å². The SMILES string of the molecule is CCOC(=O)C1CCN(C(=O)C(C#N)(CC)CC)CC1. The monoisotopic (exact) mass is 280 g/mol. The molecule has 0 N–H and O–H groups in total. The standard InChI is InChI=1S/C15H24N2O3/c1-4-15(5-2,11-16)14(19)17-9-7-12(8-10-17)13(18)20-6-3/h12H,4-10H2,1-3H3. The summed E-state index contributed by atoms with van der Waals surface area (Å²) in [6.45, 7) is 6.99. The average molecular weight is 280 g/mol. The van der Waals surface area contributed by atoms with Crippen molar-refractivity contribution in [2.45, 2.75) is 46.5 Å².